The van der Waals surface area contributed by atoms with Gasteiger partial charge in [0.25, 0.3) is 0 Å². The molecule has 20 heavy (non-hydrogen) atoms. The predicted molar refractivity (Wildman–Crippen MR) is 79.7 cm³/mol. The maximum absolute atomic E-state index is 12.0. The Hall–Kier alpha value is -2.29. The van der Waals surface area contributed by atoms with E-state index in [9.17, 15) is 4.79 Å². The summed E-state index contributed by atoms with van der Waals surface area (Å²) in [7, 11) is 1.63. The Kier molecular flexibility index (Phi) is 4.77. The van der Waals surface area contributed by atoms with E-state index in [1.165, 1.54) is 0 Å². The maximum atomic E-state index is 12.0. The number of carbonyl (C=O) groups excluding carboxylic acids is 1. The van der Waals surface area contributed by atoms with Crippen molar-refractivity contribution < 1.29 is 9.53 Å². The lowest BCUT2D eigenvalue weighted by Crippen LogP contribution is -2.25. The average molecular weight is 269 g/mol. The lowest BCUT2D eigenvalue weighted by Gasteiger charge is -2.10. The van der Waals surface area contributed by atoms with E-state index in [4.69, 9.17) is 4.74 Å². The van der Waals surface area contributed by atoms with Gasteiger partial charge < -0.3 is 10.1 Å². The van der Waals surface area contributed by atoms with Gasteiger partial charge in [0.2, 0.25) is 5.91 Å². The summed E-state index contributed by atoms with van der Waals surface area (Å²) >= 11 is 0. The molecular weight excluding hydrogens is 250 g/mol. The number of para-hydroxylation sites is 1. The third kappa shape index (κ3) is 3.60. The molecule has 0 aliphatic carbocycles. The second-order valence-corrected chi connectivity index (χ2v) is 4.69. The van der Waals surface area contributed by atoms with Crippen molar-refractivity contribution in [1.29, 1.82) is 0 Å². The van der Waals surface area contributed by atoms with Crippen molar-refractivity contribution in [2.75, 3.05) is 7.11 Å². The normalized spacial score (nSPS) is 10.1. The highest BCUT2D eigenvalue weighted by Crippen LogP contribution is 2.16. The quantitative estimate of drug-likeness (QED) is 0.906. The summed E-state index contributed by atoms with van der Waals surface area (Å²) < 4.78 is 5.26. The second-order valence-electron chi connectivity index (χ2n) is 4.69. The van der Waals surface area contributed by atoms with Crippen molar-refractivity contribution in [3.8, 4) is 5.75 Å². The van der Waals surface area contributed by atoms with Crippen LogP contribution in [0, 0.1) is 6.92 Å². The number of benzene rings is 2. The molecule has 2 aromatic rings. The number of nitrogens with one attached hydrogen (secondary N) is 1. The molecule has 104 valence electrons. The molecule has 3 nitrogen and oxygen atoms in total. The smallest absolute Gasteiger partial charge is 0.224 e. The topological polar surface area (TPSA) is 38.3 Å². The van der Waals surface area contributed by atoms with E-state index in [1.54, 1.807) is 7.11 Å². The summed E-state index contributed by atoms with van der Waals surface area (Å²) in [5.41, 5.74) is 3.18. The molecule has 0 atom stereocenters. The Labute approximate surface area is 119 Å². The summed E-state index contributed by atoms with van der Waals surface area (Å²) in [6.07, 6.45) is 0.405. The second kappa shape index (κ2) is 6.75. The van der Waals surface area contributed by atoms with Gasteiger partial charge in [-0.15, -0.1) is 0 Å². The Morgan fingerprint density at radius 3 is 2.40 bits per heavy atom. The van der Waals surface area contributed by atoms with Crippen LogP contribution in [0.15, 0.2) is 48.5 Å². The molecule has 0 aromatic heterocycles. The standard InChI is InChI=1S/C17H19NO2/c1-13-7-3-4-8-14(13)11-17(19)18-12-15-9-5-6-10-16(15)20-2/h3-10H,11-12H2,1-2H3,(H,18,19). The molecule has 0 bridgehead atoms. The van der Waals surface area contributed by atoms with Gasteiger partial charge in [-0.3, -0.25) is 4.79 Å². The van der Waals surface area contributed by atoms with Crippen molar-refractivity contribution in [1.82, 2.24) is 5.32 Å². The van der Waals surface area contributed by atoms with E-state index in [0.717, 1.165) is 22.4 Å². The molecule has 3 heteroatoms. The number of methoxy groups -OCH3 is 1. The van der Waals surface area contributed by atoms with Gasteiger partial charge >= 0.3 is 0 Å². The first-order valence-electron chi connectivity index (χ1n) is 6.64. The number of amides is 1. The molecule has 1 N–H and O–H groups in total. The van der Waals surface area contributed by atoms with Crippen LogP contribution in [0.25, 0.3) is 0 Å². The molecule has 1 amide bonds. The van der Waals surface area contributed by atoms with Crippen LogP contribution in [0.3, 0.4) is 0 Å². The van der Waals surface area contributed by atoms with Gasteiger partial charge in [-0.25, -0.2) is 0 Å². The summed E-state index contributed by atoms with van der Waals surface area (Å²) in [4.78, 5) is 12.0. The molecule has 0 saturated carbocycles. The van der Waals surface area contributed by atoms with Gasteiger partial charge in [0, 0.05) is 12.1 Å². The van der Waals surface area contributed by atoms with Crippen LogP contribution in [0.5, 0.6) is 5.75 Å². The van der Waals surface area contributed by atoms with Crippen molar-refractivity contribution in [2.45, 2.75) is 19.9 Å². The predicted octanol–water partition coefficient (Wildman–Crippen LogP) is 2.86. The highest BCUT2D eigenvalue weighted by atomic mass is 16.5. The molecule has 2 rings (SSSR count). The number of ether oxygens (including phenoxy) is 1. The van der Waals surface area contributed by atoms with Gasteiger partial charge in [0.15, 0.2) is 0 Å². The molecule has 0 spiro atoms. The van der Waals surface area contributed by atoms with Crippen molar-refractivity contribution in [2.24, 2.45) is 0 Å². The minimum atomic E-state index is 0.0187. The fraction of sp³-hybridized carbons (Fsp3) is 0.235. The highest BCUT2D eigenvalue weighted by Gasteiger charge is 2.07. The monoisotopic (exact) mass is 269 g/mol. The molecule has 0 aliphatic rings. The van der Waals surface area contributed by atoms with Crippen LogP contribution in [0.4, 0.5) is 0 Å². The molecular formula is C17H19NO2. The zero-order chi connectivity index (χ0) is 14.4. The van der Waals surface area contributed by atoms with Gasteiger partial charge in [-0.05, 0) is 24.1 Å². The molecule has 0 aliphatic heterocycles. The van der Waals surface area contributed by atoms with Crippen LogP contribution in [-0.2, 0) is 17.8 Å². The summed E-state index contributed by atoms with van der Waals surface area (Å²) in [6, 6.07) is 15.6. The van der Waals surface area contributed by atoms with Gasteiger partial charge in [-0.1, -0.05) is 42.5 Å². The van der Waals surface area contributed by atoms with Crippen LogP contribution in [0.1, 0.15) is 16.7 Å². The van der Waals surface area contributed by atoms with E-state index < -0.39 is 0 Å². The number of hydrogen-bond acceptors (Lipinski definition) is 2. The third-order valence-corrected chi connectivity index (χ3v) is 3.28. The van der Waals surface area contributed by atoms with Gasteiger partial charge in [0.1, 0.15) is 5.75 Å². The Bertz CT molecular complexity index is 593. The molecule has 0 fully saturated rings. The zero-order valence-corrected chi connectivity index (χ0v) is 11.8. The highest BCUT2D eigenvalue weighted by molar-refractivity contribution is 5.78. The minimum Gasteiger partial charge on any atom is -0.496 e. The summed E-state index contributed by atoms with van der Waals surface area (Å²) in [6.45, 7) is 2.50. The first-order valence-corrected chi connectivity index (χ1v) is 6.64. The third-order valence-electron chi connectivity index (χ3n) is 3.28. The fourth-order valence-electron chi connectivity index (χ4n) is 2.09. The first-order chi connectivity index (χ1) is 9.70. The number of aryl methyl sites for hydroxylation is 1. The summed E-state index contributed by atoms with van der Waals surface area (Å²) in [5.74, 6) is 0.814. The van der Waals surface area contributed by atoms with Crippen molar-refractivity contribution >= 4 is 5.91 Å². The molecule has 0 heterocycles. The SMILES string of the molecule is COc1ccccc1CNC(=O)Cc1ccccc1C. The van der Waals surface area contributed by atoms with E-state index in [-0.39, 0.29) is 5.91 Å². The molecule has 0 radical (unpaired) electrons. The van der Waals surface area contributed by atoms with Crippen LogP contribution in [0.2, 0.25) is 0 Å². The van der Waals surface area contributed by atoms with Crippen LogP contribution >= 0.6 is 0 Å². The first kappa shape index (κ1) is 14.1. The number of carbonyl (C=O) groups is 1. The van der Waals surface area contributed by atoms with Gasteiger partial charge in [-0.2, -0.15) is 0 Å². The Morgan fingerprint density at radius 2 is 1.70 bits per heavy atom. The van der Waals surface area contributed by atoms with Crippen LogP contribution in [-0.4, -0.2) is 13.0 Å². The average Bonchev–Trinajstić information content (AvgIpc) is 2.48. The minimum absolute atomic E-state index is 0.0187. The number of rotatable bonds is 5. The zero-order valence-electron chi connectivity index (χ0n) is 11.8. The Balaban J connectivity index is 1.94. The number of hydrogen-bond donors (Lipinski definition) is 1. The molecule has 0 saturated heterocycles. The van der Waals surface area contributed by atoms with Gasteiger partial charge in [0.05, 0.1) is 13.5 Å². The molecule has 2 aromatic carbocycles. The van der Waals surface area contributed by atoms with E-state index in [1.807, 2.05) is 55.5 Å². The van der Waals surface area contributed by atoms with E-state index in [0.29, 0.717) is 13.0 Å². The maximum Gasteiger partial charge on any atom is 0.224 e. The fourth-order valence-corrected chi connectivity index (χ4v) is 2.09. The molecule has 0 unspecified atom stereocenters. The van der Waals surface area contributed by atoms with Crippen LogP contribution < -0.4 is 10.1 Å². The van der Waals surface area contributed by atoms with E-state index >= 15 is 0 Å². The lowest BCUT2D eigenvalue weighted by atomic mass is 10.1. The Morgan fingerprint density at radius 1 is 1.05 bits per heavy atom. The lowest BCUT2D eigenvalue weighted by molar-refractivity contribution is -0.120. The van der Waals surface area contributed by atoms with Crippen molar-refractivity contribution in [3.63, 3.8) is 0 Å². The largest absolute Gasteiger partial charge is 0.496 e. The summed E-state index contributed by atoms with van der Waals surface area (Å²) in [5, 5.41) is 2.93. The van der Waals surface area contributed by atoms with E-state index in [2.05, 4.69) is 5.32 Å². The van der Waals surface area contributed by atoms with Crippen molar-refractivity contribution in [3.05, 3.63) is 65.2 Å².